The number of nitrogens with one attached hydrogen (secondary N) is 1. The molecule has 2 N–H and O–H groups in total. The Morgan fingerprint density at radius 3 is 2.35 bits per heavy atom. The van der Waals surface area contributed by atoms with E-state index in [9.17, 15) is 9.90 Å². The zero-order chi connectivity index (χ0) is 12.9. The van der Waals surface area contributed by atoms with Crippen LogP contribution in [0.1, 0.15) is 46.5 Å². The highest BCUT2D eigenvalue weighted by atomic mass is 16.5. The van der Waals surface area contributed by atoms with Gasteiger partial charge >= 0.3 is 5.97 Å². The van der Waals surface area contributed by atoms with Crippen molar-refractivity contribution in [2.75, 3.05) is 13.2 Å². The van der Waals surface area contributed by atoms with Gasteiger partial charge in [0.05, 0.1) is 11.5 Å². The number of hydrogen-bond acceptors (Lipinski definition) is 3. The predicted molar refractivity (Wildman–Crippen MR) is 67.1 cm³/mol. The van der Waals surface area contributed by atoms with Crippen LogP contribution in [0.3, 0.4) is 0 Å². The van der Waals surface area contributed by atoms with Crippen LogP contribution < -0.4 is 5.32 Å². The first-order valence-corrected chi connectivity index (χ1v) is 6.66. The van der Waals surface area contributed by atoms with Gasteiger partial charge in [-0.05, 0) is 32.6 Å². The Balaban J connectivity index is 2.32. The van der Waals surface area contributed by atoms with E-state index in [1.807, 2.05) is 20.8 Å². The number of rotatable bonds is 8. The lowest BCUT2D eigenvalue weighted by Crippen LogP contribution is -2.50. The largest absolute Gasteiger partial charge is 0.481 e. The molecule has 0 aromatic rings. The molecule has 0 heterocycles. The first-order valence-electron chi connectivity index (χ1n) is 6.66. The molecule has 0 bridgehead atoms. The third kappa shape index (κ3) is 3.42. The smallest absolute Gasteiger partial charge is 0.310 e. The van der Waals surface area contributed by atoms with Gasteiger partial charge in [-0.2, -0.15) is 0 Å². The van der Waals surface area contributed by atoms with Gasteiger partial charge in [0.25, 0.3) is 0 Å². The Morgan fingerprint density at radius 2 is 1.94 bits per heavy atom. The van der Waals surface area contributed by atoms with Crippen LogP contribution in [0.5, 0.6) is 0 Å². The molecule has 0 aliphatic heterocycles. The number of ether oxygens (including phenoxy) is 1. The summed E-state index contributed by atoms with van der Waals surface area (Å²) in [5.41, 5.74) is -0.600. The molecule has 100 valence electrons. The summed E-state index contributed by atoms with van der Waals surface area (Å²) in [4.78, 5) is 11.3. The van der Waals surface area contributed by atoms with Gasteiger partial charge in [-0.1, -0.05) is 13.8 Å². The molecule has 0 aromatic heterocycles. The summed E-state index contributed by atoms with van der Waals surface area (Å²) in [6.07, 6.45) is 3.74. The van der Waals surface area contributed by atoms with Crippen LogP contribution in [0.4, 0.5) is 0 Å². The van der Waals surface area contributed by atoms with Crippen LogP contribution in [0.15, 0.2) is 0 Å². The molecule has 1 rings (SSSR count). The SMILES string of the molecule is CCOC1CC(NCC(CC)(CC)C(=O)O)C1. The van der Waals surface area contributed by atoms with Gasteiger partial charge in [0.2, 0.25) is 0 Å². The second-order valence-corrected chi connectivity index (χ2v) is 4.92. The fraction of sp³-hybridized carbons (Fsp3) is 0.923. The van der Waals surface area contributed by atoms with Gasteiger partial charge in [0.1, 0.15) is 0 Å². The second kappa shape index (κ2) is 6.36. The third-order valence-electron chi connectivity index (χ3n) is 4.03. The van der Waals surface area contributed by atoms with E-state index in [4.69, 9.17) is 4.74 Å². The summed E-state index contributed by atoms with van der Waals surface area (Å²) in [7, 11) is 0. The molecule has 17 heavy (non-hydrogen) atoms. The third-order valence-corrected chi connectivity index (χ3v) is 4.03. The van der Waals surface area contributed by atoms with Crippen LogP contribution in [0.2, 0.25) is 0 Å². The molecular weight excluding hydrogens is 218 g/mol. The van der Waals surface area contributed by atoms with Crippen molar-refractivity contribution in [3.05, 3.63) is 0 Å². The zero-order valence-corrected chi connectivity index (χ0v) is 11.2. The van der Waals surface area contributed by atoms with Crippen molar-refractivity contribution in [1.82, 2.24) is 5.32 Å². The van der Waals surface area contributed by atoms with Gasteiger partial charge in [0, 0.05) is 19.2 Å². The van der Waals surface area contributed by atoms with Crippen molar-refractivity contribution >= 4 is 5.97 Å². The van der Waals surface area contributed by atoms with E-state index in [0.29, 0.717) is 31.5 Å². The van der Waals surface area contributed by atoms with E-state index in [2.05, 4.69) is 5.32 Å². The quantitative estimate of drug-likeness (QED) is 0.685. The summed E-state index contributed by atoms with van der Waals surface area (Å²) >= 11 is 0. The van der Waals surface area contributed by atoms with Crippen LogP contribution in [0.25, 0.3) is 0 Å². The number of hydrogen-bond donors (Lipinski definition) is 2. The van der Waals surface area contributed by atoms with Crippen molar-refractivity contribution in [3.63, 3.8) is 0 Å². The molecule has 4 nitrogen and oxygen atoms in total. The molecule has 1 fully saturated rings. The van der Waals surface area contributed by atoms with Gasteiger partial charge in [-0.3, -0.25) is 4.79 Å². The zero-order valence-electron chi connectivity index (χ0n) is 11.2. The molecule has 1 aliphatic carbocycles. The van der Waals surface area contributed by atoms with E-state index < -0.39 is 11.4 Å². The van der Waals surface area contributed by atoms with Crippen molar-refractivity contribution in [2.45, 2.75) is 58.6 Å². The Hall–Kier alpha value is -0.610. The summed E-state index contributed by atoms with van der Waals surface area (Å²) in [5.74, 6) is -0.685. The molecular formula is C13H25NO3. The molecule has 0 saturated heterocycles. The summed E-state index contributed by atoms with van der Waals surface area (Å²) in [5, 5.41) is 12.7. The number of carbonyl (C=O) groups is 1. The highest BCUT2D eigenvalue weighted by Crippen LogP contribution is 2.28. The fourth-order valence-electron chi connectivity index (χ4n) is 2.32. The van der Waals surface area contributed by atoms with Crippen LogP contribution in [-0.2, 0) is 9.53 Å². The molecule has 0 unspecified atom stereocenters. The topological polar surface area (TPSA) is 58.6 Å². The molecule has 0 amide bonds. The van der Waals surface area contributed by atoms with Gasteiger partial charge in [0.15, 0.2) is 0 Å². The van der Waals surface area contributed by atoms with Crippen molar-refractivity contribution < 1.29 is 14.6 Å². The van der Waals surface area contributed by atoms with Gasteiger partial charge in [-0.15, -0.1) is 0 Å². The maximum Gasteiger partial charge on any atom is 0.310 e. The second-order valence-electron chi connectivity index (χ2n) is 4.92. The minimum Gasteiger partial charge on any atom is -0.481 e. The van der Waals surface area contributed by atoms with E-state index >= 15 is 0 Å². The van der Waals surface area contributed by atoms with Crippen molar-refractivity contribution in [1.29, 1.82) is 0 Å². The lowest BCUT2D eigenvalue weighted by Gasteiger charge is -2.38. The van der Waals surface area contributed by atoms with Gasteiger partial charge in [-0.25, -0.2) is 0 Å². The summed E-state index contributed by atoms with van der Waals surface area (Å²) in [6, 6.07) is 0.434. The molecule has 0 aromatic carbocycles. The van der Waals surface area contributed by atoms with Crippen LogP contribution >= 0.6 is 0 Å². The normalized spacial score (nSPS) is 24.4. The lowest BCUT2D eigenvalue weighted by atomic mass is 9.81. The van der Waals surface area contributed by atoms with E-state index in [0.717, 1.165) is 19.4 Å². The van der Waals surface area contributed by atoms with Crippen LogP contribution in [-0.4, -0.2) is 36.4 Å². The number of aliphatic carboxylic acids is 1. The molecule has 0 radical (unpaired) electrons. The van der Waals surface area contributed by atoms with E-state index in [1.54, 1.807) is 0 Å². The first-order chi connectivity index (χ1) is 8.07. The minimum atomic E-state index is -0.685. The summed E-state index contributed by atoms with van der Waals surface area (Å²) < 4.78 is 5.48. The average Bonchev–Trinajstić information content (AvgIpc) is 2.26. The monoisotopic (exact) mass is 243 g/mol. The van der Waals surface area contributed by atoms with Crippen molar-refractivity contribution in [2.24, 2.45) is 5.41 Å². The Bertz CT molecular complexity index is 245. The van der Waals surface area contributed by atoms with Crippen LogP contribution in [0, 0.1) is 5.41 Å². The Labute approximate surface area is 104 Å². The van der Waals surface area contributed by atoms with Gasteiger partial charge < -0.3 is 15.2 Å². The lowest BCUT2D eigenvalue weighted by molar-refractivity contribution is -0.149. The predicted octanol–water partition coefficient (Wildman–Crippen LogP) is 2.03. The fourth-order valence-corrected chi connectivity index (χ4v) is 2.32. The Morgan fingerprint density at radius 1 is 1.35 bits per heavy atom. The standard InChI is InChI=1S/C13H25NO3/c1-4-13(5-2,12(15)16)9-14-10-7-11(8-10)17-6-3/h10-11,14H,4-9H2,1-3H3,(H,15,16). The Kier molecular flexibility index (Phi) is 5.40. The van der Waals surface area contributed by atoms with E-state index in [-0.39, 0.29) is 0 Å². The maximum absolute atomic E-state index is 11.3. The molecule has 1 saturated carbocycles. The maximum atomic E-state index is 11.3. The number of carboxylic acids is 1. The average molecular weight is 243 g/mol. The molecule has 4 heteroatoms. The minimum absolute atomic E-state index is 0.375. The molecule has 1 aliphatic rings. The highest BCUT2D eigenvalue weighted by molar-refractivity contribution is 5.74. The number of carboxylic acid groups (broad SMARTS) is 1. The van der Waals surface area contributed by atoms with Crippen molar-refractivity contribution in [3.8, 4) is 0 Å². The first kappa shape index (κ1) is 14.5. The van der Waals surface area contributed by atoms with E-state index in [1.165, 1.54) is 0 Å². The highest BCUT2D eigenvalue weighted by Gasteiger charge is 2.37. The summed E-state index contributed by atoms with van der Waals surface area (Å²) in [6.45, 7) is 7.23. The molecule has 0 spiro atoms. The molecule has 0 atom stereocenters.